The molecule has 1 fully saturated rings. The number of aliphatic hydroxyl groups is 1. The number of fused-ring (bicyclic) bond motifs is 3. The van der Waals surface area contributed by atoms with Gasteiger partial charge in [0.15, 0.2) is 5.75 Å². The van der Waals surface area contributed by atoms with E-state index in [1.165, 1.54) is 7.11 Å². The lowest BCUT2D eigenvalue weighted by Gasteiger charge is -2.38. The molecule has 3 heterocycles. The summed E-state index contributed by atoms with van der Waals surface area (Å²) in [4.78, 5) is 12.2. The summed E-state index contributed by atoms with van der Waals surface area (Å²) in [6, 6.07) is 0. The fraction of sp³-hybridized carbons (Fsp3) is 0.643. The van der Waals surface area contributed by atoms with E-state index in [9.17, 15) is 9.90 Å². The highest BCUT2D eigenvalue weighted by Crippen LogP contribution is 2.63. The van der Waals surface area contributed by atoms with Gasteiger partial charge < -0.3 is 19.1 Å². The number of epoxide rings is 1. The Morgan fingerprint density at radius 1 is 1.55 bits per heavy atom. The van der Waals surface area contributed by atoms with Crippen LogP contribution in [0, 0.1) is 0 Å². The van der Waals surface area contributed by atoms with Gasteiger partial charge in [-0.2, -0.15) is 0 Å². The standard InChI is InChI=1S/C14H18BrNO4/c1-4-13(18)7-16-6-8(15)10(17)11(19-3)9(16)12-14(13,5-2)20-12/h6,12,18H,4-5,7H2,1-3H3. The van der Waals surface area contributed by atoms with Crippen molar-refractivity contribution in [2.75, 3.05) is 7.11 Å². The second-order valence-electron chi connectivity index (χ2n) is 5.48. The third-order valence-electron chi connectivity index (χ3n) is 4.71. The van der Waals surface area contributed by atoms with Crippen LogP contribution in [0.1, 0.15) is 38.5 Å². The quantitative estimate of drug-likeness (QED) is 0.852. The normalized spacial score (nSPS) is 34.4. The maximum atomic E-state index is 12.2. The van der Waals surface area contributed by atoms with Crippen LogP contribution in [0.2, 0.25) is 0 Å². The highest BCUT2D eigenvalue weighted by atomic mass is 79.9. The van der Waals surface area contributed by atoms with Crippen LogP contribution in [0.15, 0.2) is 15.5 Å². The summed E-state index contributed by atoms with van der Waals surface area (Å²) in [6.45, 7) is 4.36. The average Bonchev–Trinajstić information content (AvgIpc) is 3.18. The van der Waals surface area contributed by atoms with Crippen LogP contribution in [0.5, 0.6) is 5.75 Å². The van der Waals surface area contributed by atoms with Crippen LogP contribution < -0.4 is 10.2 Å². The van der Waals surface area contributed by atoms with E-state index in [2.05, 4.69) is 15.9 Å². The molecule has 1 N–H and O–H groups in total. The molecule has 0 bridgehead atoms. The number of ether oxygens (including phenoxy) is 2. The Bertz CT molecular complexity index is 628. The van der Waals surface area contributed by atoms with Crippen LogP contribution in [0.25, 0.3) is 0 Å². The first-order valence-electron chi connectivity index (χ1n) is 6.81. The first kappa shape index (κ1) is 14.1. The van der Waals surface area contributed by atoms with Gasteiger partial charge in [0.1, 0.15) is 17.3 Å². The van der Waals surface area contributed by atoms with E-state index in [-0.39, 0.29) is 11.5 Å². The molecule has 0 spiro atoms. The maximum Gasteiger partial charge on any atom is 0.237 e. The number of rotatable bonds is 3. The first-order valence-corrected chi connectivity index (χ1v) is 7.60. The van der Waals surface area contributed by atoms with E-state index < -0.39 is 11.2 Å². The molecule has 0 amide bonds. The molecule has 0 aromatic carbocycles. The highest BCUT2D eigenvalue weighted by Gasteiger charge is 2.71. The zero-order chi connectivity index (χ0) is 14.7. The minimum absolute atomic E-state index is 0.179. The molecule has 3 unspecified atom stereocenters. The fourth-order valence-electron chi connectivity index (χ4n) is 3.45. The molecule has 0 aliphatic carbocycles. The largest absolute Gasteiger partial charge is 0.491 e. The van der Waals surface area contributed by atoms with Crippen molar-refractivity contribution in [3.8, 4) is 5.75 Å². The van der Waals surface area contributed by atoms with Crippen LogP contribution in [0.4, 0.5) is 0 Å². The summed E-state index contributed by atoms with van der Waals surface area (Å²) in [5.74, 6) is 0.304. The molecule has 2 aliphatic heterocycles. The van der Waals surface area contributed by atoms with Gasteiger partial charge in [0.05, 0.1) is 23.8 Å². The molecule has 20 heavy (non-hydrogen) atoms. The van der Waals surface area contributed by atoms with E-state index in [1.54, 1.807) is 6.20 Å². The number of nitrogens with zero attached hydrogens (tertiary/aromatic N) is 1. The molecule has 1 aromatic rings. The van der Waals surface area contributed by atoms with Crippen molar-refractivity contribution in [2.24, 2.45) is 0 Å². The van der Waals surface area contributed by atoms with Crippen LogP contribution in [-0.4, -0.2) is 28.0 Å². The summed E-state index contributed by atoms with van der Waals surface area (Å²) in [5, 5.41) is 10.9. The van der Waals surface area contributed by atoms with Gasteiger partial charge in [-0.3, -0.25) is 4.79 Å². The lowest BCUT2D eigenvalue weighted by molar-refractivity contribution is -0.0594. The van der Waals surface area contributed by atoms with Gasteiger partial charge in [0.25, 0.3) is 0 Å². The molecular formula is C14H18BrNO4. The Morgan fingerprint density at radius 2 is 2.25 bits per heavy atom. The average molecular weight is 344 g/mol. The van der Waals surface area contributed by atoms with E-state index >= 15 is 0 Å². The molecule has 0 saturated carbocycles. The second-order valence-corrected chi connectivity index (χ2v) is 6.33. The minimum atomic E-state index is -0.918. The van der Waals surface area contributed by atoms with Gasteiger partial charge in [-0.1, -0.05) is 13.8 Å². The van der Waals surface area contributed by atoms with E-state index in [1.807, 2.05) is 18.4 Å². The zero-order valence-electron chi connectivity index (χ0n) is 11.8. The Kier molecular flexibility index (Phi) is 3.05. The van der Waals surface area contributed by atoms with Gasteiger partial charge in [0, 0.05) is 6.20 Å². The molecule has 0 radical (unpaired) electrons. The Balaban J connectivity index is 2.23. The van der Waals surface area contributed by atoms with Crippen molar-refractivity contribution in [3.05, 3.63) is 26.6 Å². The highest BCUT2D eigenvalue weighted by molar-refractivity contribution is 9.10. The molecule has 110 valence electrons. The number of methoxy groups -OCH3 is 1. The van der Waals surface area contributed by atoms with Gasteiger partial charge in [0.2, 0.25) is 5.43 Å². The molecular weight excluding hydrogens is 326 g/mol. The molecule has 2 aliphatic rings. The second kappa shape index (κ2) is 4.32. The van der Waals surface area contributed by atoms with Crippen LogP contribution in [-0.2, 0) is 11.3 Å². The topological polar surface area (TPSA) is 64.0 Å². The summed E-state index contributed by atoms with van der Waals surface area (Å²) in [5.41, 5.74) is -0.948. The number of hydrogen-bond acceptors (Lipinski definition) is 4. The van der Waals surface area contributed by atoms with Crippen molar-refractivity contribution in [2.45, 2.75) is 50.5 Å². The number of halogens is 1. The van der Waals surface area contributed by atoms with Crippen LogP contribution >= 0.6 is 15.9 Å². The molecule has 1 saturated heterocycles. The summed E-state index contributed by atoms with van der Waals surface area (Å²) in [7, 11) is 1.49. The SMILES string of the molecule is CCC1(O)Cn2cc(Br)c(=O)c(OC)c2C2OC21CC. The summed E-state index contributed by atoms with van der Waals surface area (Å²) in [6.07, 6.45) is 2.74. The predicted molar refractivity (Wildman–Crippen MR) is 77.0 cm³/mol. The monoisotopic (exact) mass is 343 g/mol. The number of aromatic nitrogens is 1. The van der Waals surface area contributed by atoms with E-state index in [4.69, 9.17) is 9.47 Å². The van der Waals surface area contributed by atoms with Gasteiger partial charge >= 0.3 is 0 Å². The smallest absolute Gasteiger partial charge is 0.237 e. The Morgan fingerprint density at radius 3 is 2.80 bits per heavy atom. The molecule has 5 nitrogen and oxygen atoms in total. The van der Waals surface area contributed by atoms with E-state index in [0.717, 1.165) is 5.69 Å². The van der Waals surface area contributed by atoms with Crippen molar-refractivity contribution >= 4 is 15.9 Å². The van der Waals surface area contributed by atoms with Crippen LogP contribution in [0.3, 0.4) is 0 Å². The summed E-state index contributed by atoms with van der Waals surface area (Å²) >= 11 is 3.25. The third-order valence-corrected chi connectivity index (χ3v) is 5.28. The van der Waals surface area contributed by atoms with Gasteiger partial charge in [-0.25, -0.2) is 0 Å². The predicted octanol–water partition coefficient (Wildman–Crippen LogP) is 1.99. The maximum absolute atomic E-state index is 12.2. The number of pyridine rings is 1. The van der Waals surface area contributed by atoms with E-state index in [0.29, 0.717) is 29.6 Å². The first-order chi connectivity index (χ1) is 9.44. The molecule has 6 heteroatoms. The zero-order valence-corrected chi connectivity index (χ0v) is 13.4. The molecule has 3 rings (SSSR count). The van der Waals surface area contributed by atoms with Gasteiger partial charge in [-0.05, 0) is 28.8 Å². The number of hydrogen-bond donors (Lipinski definition) is 1. The molecule has 3 atom stereocenters. The fourth-order valence-corrected chi connectivity index (χ4v) is 3.88. The van der Waals surface area contributed by atoms with Crippen molar-refractivity contribution < 1.29 is 14.6 Å². The molecule has 1 aromatic heterocycles. The Labute approximate surface area is 125 Å². The third kappa shape index (κ3) is 1.53. The van der Waals surface area contributed by atoms with Crippen molar-refractivity contribution in [1.29, 1.82) is 0 Å². The minimum Gasteiger partial charge on any atom is -0.491 e. The van der Waals surface area contributed by atoms with Crippen molar-refractivity contribution in [3.63, 3.8) is 0 Å². The van der Waals surface area contributed by atoms with Crippen molar-refractivity contribution in [1.82, 2.24) is 4.57 Å². The van der Waals surface area contributed by atoms with Gasteiger partial charge in [-0.15, -0.1) is 0 Å². The summed E-state index contributed by atoms with van der Waals surface area (Å²) < 4.78 is 13.5. The lowest BCUT2D eigenvalue weighted by atomic mass is 9.77. The lowest BCUT2D eigenvalue weighted by Crippen LogP contribution is -2.51. The Hall–Kier alpha value is -0.850.